The molecule has 3 N–H and O–H groups in total. The maximum Gasteiger partial charge on any atom is 0.304 e. The van der Waals surface area contributed by atoms with Crippen molar-refractivity contribution in [2.45, 2.75) is 18.6 Å². The number of aliphatic hydroxyl groups excluding tert-OH is 2. The first-order valence-electron chi connectivity index (χ1n) is 5.04. The number of carboxylic acids is 1. The van der Waals surface area contributed by atoms with Crippen molar-refractivity contribution in [2.24, 2.45) is 0 Å². The van der Waals surface area contributed by atoms with Gasteiger partial charge in [-0.25, -0.2) is 0 Å². The summed E-state index contributed by atoms with van der Waals surface area (Å²) in [7, 11) is -2.56. The second kappa shape index (κ2) is 5.27. The van der Waals surface area contributed by atoms with E-state index in [0.29, 0.717) is 0 Å². The molecule has 0 aromatic rings. The largest absolute Gasteiger partial charge is 0.481 e. The fourth-order valence-corrected chi connectivity index (χ4v) is 2.89. The van der Waals surface area contributed by atoms with Crippen molar-refractivity contribution in [1.29, 1.82) is 0 Å². The van der Waals surface area contributed by atoms with Crippen LogP contribution in [-0.2, 0) is 15.0 Å². The third kappa shape index (κ3) is 3.36. The predicted molar refractivity (Wildman–Crippen MR) is 57.4 cm³/mol. The molecule has 0 bridgehead atoms. The first-order chi connectivity index (χ1) is 7.75. The lowest BCUT2D eigenvalue weighted by Gasteiger charge is -2.23. The van der Waals surface area contributed by atoms with E-state index in [4.69, 9.17) is 5.11 Å². The number of aliphatic hydroxyl groups is 2. The number of hydrogen-bond acceptors (Lipinski definition) is 5. The maximum absolute atomic E-state index is 11.9. The van der Waals surface area contributed by atoms with E-state index in [-0.39, 0.29) is 26.1 Å². The molecule has 100 valence electrons. The lowest BCUT2D eigenvalue weighted by molar-refractivity contribution is -0.137. The third-order valence-electron chi connectivity index (χ3n) is 2.59. The minimum absolute atomic E-state index is 0.152. The maximum atomic E-state index is 11.9. The quantitative estimate of drug-likeness (QED) is 0.515. The van der Waals surface area contributed by atoms with E-state index >= 15 is 0 Å². The average molecular weight is 268 g/mol. The van der Waals surface area contributed by atoms with Gasteiger partial charge in [0.2, 0.25) is 0 Å². The summed E-state index contributed by atoms with van der Waals surface area (Å²) in [5.74, 6) is -1.09. The normalized spacial score (nSPS) is 26.6. The van der Waals surface area contributed by atoms with Crippen LogP contribution in [-0.4, -0.2) is 77.2 Å². The van der Waals surface area contributed by atoms with Gasteiger partial charge in [-0.05, 0) is 0 Å². The minimum Gasteiger partial charge on any atom is -0.481 e. The van der Waals surface area contributed by atoms with Crippen LogP contribution in [0.5, 0.6) is 0 Å². The van der Waals surface area contributed by atoms with E-state index in [9.17, 15) is 23.4 Å². The molecule has 2 atom stereocenters. The molecule has 0 amide bonds. The molecule has 0 spiro atoms. The summed E-state index contributed by atoms with van der Waals surface area (Å²) in [4.78, 5) is 10.3. The molecule has 0 aromatic heterocycles. The van der Waals surface area contributed by atoms with Crippen molar-refractivity contribution >= 4 is 16.2 Å². The molecule has 9 heteroatoms. The second-order valence-corrected chi connectivity index (χ2v) is 5.96. The van der Waals surface area contributed by atoms with Crippen LogP contribution in [0.3, 0.4) is 0 Å². The van der Waals surface area contributed by atoms with Crippen LogP contribution >= 0.6 is 0 Å². The number of carbonyl (C=O) groups is 1. The summed E-state index contributed by atoms with van der Waals surface area (Å²) in [5.41, 5.74) is 0. The zero-order valence-corrected chi connectivity index (χ0v) is 10.2. The first-order valence-corrected chi connectivity index (χ1v) is 6.44. The zero-order chi connectivity index (χ0) is 13.2. The molecule has 1 fully saturated rings. The highest BCUT2D eigenvalue weighted by atomic mass is 32.2. The Morgan fingerprint density at radius 1 is 1.35 bits per heavy atom. The zero-order valence-electron chi connectivity index (χ0n) is 9.35. The SMILES string of the molecule is CN(CCC(=O)O)S(=O)(=O)N1C[C@@H](O)[C@@H](O)C1. The molecular weight excluding hydrogens is 252 g/mol. The van der Waals surface area contributed by atoms with Gasteiger partial charge in [-0.15, -0.1) is 0 Å². The molecule has 1 rings (SSSR count). The molecule has 1 heterocycles. The molecular formula is C8H16N2O6S. The van der Waals surface area contributed by atoms with Gasteiger partial charge in [0, 0.05) is 26.7 Å². The first kappa shape index (κ1) is 14.3. The van der Waals surface area contributed by atoms with Gasteiger partial charge in [0.25, 0.3) is 10.2 Å². The van der Waals surface area contributed by atoms with Crippen molar-refractivity contribution in [3.63, 3.8) is 0 Å². The van der Waals surface area contributed by atoms with Crippen LogP contribution < -0.4 is 0 Å². The Labute approximate surface area is 99.2 Å². The molecule has 8 nitrogen and oxygen atoms in total. The van der Waals surface area contributed by atoms with Crippen molar-refractivity contribution in [1.82, 2.24) is 8.61 Å². The van der Waals surface area contributed by atoms with Gasteiger partial charge in [-0.1, -0.05) is 0 Å². The fourth-order valence-electron chi connectivity index (χ4n) is 1.49. The van der Waals surface area contributed by atoms with Crippen LogP contribution in [0.1, 0.15) is 6.42 Å². The molecule has 0 saturated carbocycles. The Balaban J connectivity index is 2.65. The summed E-state index contributed by atoms with van der Waals surface area (Å²) < 4.78 is 25.6. The predicted octanol–water partition coefficient (Wildman–Crippen LogP) is -2.32. The van der Waals surface area contributed by atoms with E-state index in [2.05, 4.69) is 0 Å². The molecule has 0 aromatic carbocycles. The third-order valence-corrected chi connectivity index (χ3v) is 4.51. The van der Waals surface area contributed by atoms with E-state index in [1.807, 2.05) is 0 Å². The Kier molecular flexibility index (Phi) is 4.44. The minimum atomic E-state index is -3.82. The van der Waals surface area contributed by atoms with Crippen LogP contribution in [0.15, 0.2) is 0 Å². The number of aliphatic carboxylic acids is 1. The Morgan fingerprint density at radius 2 is 1.82 bits per heavy atom. The molecule has 1 saturated heterocycles. The van der Waals surface area contributed by atoms with E-state index in [0.717, 1.165) is 8.61 Å². The van der Waals surface area contributed by atoms with Crippen molar-refractivity contribution in [3.8, 4) is 0 Å². The van der Waals surface area contributed by atoms with Crippen LogP contribution in [0.2, 0.25) is 0 Å². The molecule has 17 heavy (non-hydrogen) atoms. The summed E-state index contributed by atoms with van der Waals surface area (Å²) in [6.07, 6.45) is -2.50. The molecule has 0 radical (unpaired) electrons. The number of carboxylic acid groups (broad SMARTS) is 1. The van der Waals surface area contributed by atoms with Crippen molar-refractivity contribution in [2.75, 3.05) is 26.7 Å². The Bertz CT molecular complexity index is 373. The van der Waals surface area contributed by atoms with Crippen LogP contribution in [0, 0.1) is 0 Å². The highest BCUT2D eigenvalue weighted by molar-refractivity contribution is 7.86. The summed E-state index contributed by atoms with van der Waals surface area (Å²) in [6.45, 7) is -0.512. The smallest absolute Gasteiger partial charge is 0.304 e. The van der Waals surface area contributed by atoms with E-state index in [1.165, 1.54) is 7.05 Å². The monoisotopic (exact) mass is 268 g/mol. The average Bonchev–Trinajstić information content (AvgIpc) is 2.56. The summed E-state index contributed by atoms with van der Waals surface area (Å²) in [5, 5.41) is 27.0. The molecule has 0 aliphatic carbocycles. The van der Waals surface area contributed by atoms with E-state index < -0.39 is 28.4 Å². The number of β-amino-alcohol motifs (C(OH)–C–C–N with tert-alkyl or cyclic N) is 2. The Morgan fingerprint density at radius 3 is 2.24 bits per heavy atom. The van der Waals surface area contributed by atoms with Crippen LogP contribution in [0.4, 0.5) is 0 Å². The number of rotatable bonds is 5. The van der Waals surface area contributed by atoms with Gasteiger partial charge in [-0.3, -0.25) is 4.79 Å². The summed E-state index contributed by atoms with van der Waals surface area (Å²) >= 11 is 0. The second-order valence-electron chi connectivity index (χ2n) is 3.92. The van der Waals surface area contributed by atoms with Gasteiger partial charge >= 0.3 is 5.97 Å². The molecule has 1 aliphatic heterocycles. The topological polar surface area (TPSA) is 118 Å². The van der Waals surface area contributed by atoms with Crippen molar-refractivity contribution in [3.05, 3.63) is 0 Å². The van der Waals surface area contributed by atoms with Gasteiger partial charge < -0.3 is 15.3 Å². The standard InChI is InChI=1S/C8H16N2O6S/c1-9(3-2-8(13)14)17(15,16)10-4-6(11)7(12)5-10/h6-7,11-12H,2-5H2,1H3,(H,13,14)/t6-,7+. The molecule has 1 aliphatic rings. The lowest BCUT2D eigenvalue weighted by Crippen LogP contribution is -2.42. The lowest BCUT2D eigenvalue weighted by atomic mass is 10.3. The van der Waals surface area contributed by atoms with E-state index in [1.54, 1.807) is 0 Å². The van der Waals surface area contributed by atoms with Gasteiger partial charge in [0.05, 0.1) is 18.6 Å². The Hall–Kier alpha value is -0.740. The van der Waals surface area contributed by atoms with Gasteiger partial charge in [-0.2, -0.15) is 17.0 Å². The number of hydrogen-bond donors (Lipinski definition) is 3. The van der Waals surface area contributed by atoms with Gasteiger partial charge in [0.15, 0.2) is 0 Å². The molecule has 0 unspecified atom stereocenters. The fraction of sp³-hybridized carbons (Fsp3) is 0.875. The number of nitrogens with zero attached hydrogens (tertiary/aromatic N) is 2. The van der Waals surface area contributed by atoms with Crippen LogP contribution in [0.25, 0.3) is 0 Å². The van der Waals surface area contributed by atoms with Gasteiger partial charge in [0.1, 0.15) is 0 Å². The highest BCUT2D eigenvalue weighted by Gasteiger charge is 2.38. The highest BCUT2D eigenvalue weighted by Crippen LogP contribution is 2.16. The summed E-state index contributed by atoms with van der Waals surface area (Å²) in [6, 6.07) is 0. The van der Waals surface area contributed by atoms with Crippen molar-refractivity contribution < 1.29 is 28.5 Å².